The molecule has 1 aromatic heterocycles. The van der Waals surface area contributed by atoms with Crippen LogP contribution in [0.15, 0.2) is 29.4 Å². The molecule has 3 heterocycles. The highest BCUT2D eigenvalue weighted by Gasteiger charge is 2.34. The van der Waals surface area contributed by atoms with Crippen LogP contribution >= 0.6 is 11.3 Å². The molecule has 8 nitrogen and oxygen atoms in total. The maximum absolute atomic E-state index is 13.7. The number of carbonyl (C=O) groups excluding carboxylic acids is 2. The fraction of sp³-hybridized carbons (Fsp3) is 0.645. The van der Waals surface area contributed by atoms with E-state index in [1.54, 1.807) is 25.7 Å². The number of alkyl halides is 3. The highest BCUT2D eigenvalue weighted by Crippen LogP contribution is 2.34. The molecule has 0 spiro atoms. The summed E-state index contributed by atoms with van der Waals surface area (Å²) in [6.07, 6.45) is 0.931. The lowest BCUT2D eigenvalue weighted by molar-refractivity contribution is -0.137. The summed E-state index contributed by atoms with van der Waals surface area (Å²) < 4.78 is 60.3. The standard InChI is InChI=1S/C31H42F3N3O5S/c1-29(2,3)25-18-36(17-22-11-9-15-40-22)27(43-25)35-26(38)23-16-20(31(32,33)34)12-13-24(23)41-19-21-10-7-8-14-37(21)28(39)42-30(4,5)6/h12-13,16,18,21-22H,7-11,14-15,17,19H2,1-6H3/t21-,22-/m1/s1. The number of thiazole rings is 1. The van der Waals surface area contributed by atoms with Gasteiger partial charge in [-0.2, -0.15) is 18.2 Å². The van der Waals surface area contributed by atoms with Gasteiger partial charge in [-0.1, -0.05) is 20.8 Å². The second-order valence-electron chi connectivity index (χ2n) is 13.2. The number of carbonyl (C=O) groups is 2. The number of halogens is 3. The Hall–Kier alpha value is -2.86. The first kappa shape index (κ1) is 33.0. The Kier molecular flexibility index (Phi) is 10.0. The van der Waals surface area contributed by atoms with Crippen LogP contribution < -0.4 is 9.54 Å². The molecule has 2 aromatic rings. The zero-order chi connectivity index (χ0) is 31.6. The minimum atomic E-state index is -4.66. The molecule has 43 heavy (non-hydrogen) atoms. The molecule has 2 atom stereocenters. The first-order valence-electron chi connectivity index (χ1n) is 14.8. The van der Waals surface area contributed by atoms with E-state index in [1.165, 1.54) is 11.3 Å². The van der Waals surface area contributed by atoms with Gasteiger partial charge in [0.25, 0.3) is 5.91 Å². The van der Waals surface area contributed by atoms with Crippen molar-refractivity contribution in [3.8, 4) is 5.75 Å². The normalized spacial score (nSPS) is 20.4. The average Bonchev–Trinajstić information content (AvgIpc) is 3.56. The number of nitrogens with zero attached hydrogens (tertiary/aromatic N) is 3. The van der Waals surface area contributed by atoms with Gasteiger partial charge >= 0.3 is 12.3 Å². The van der Waals surface area contributed by atoms with E-state index in [0.717, 1.165) is 48.8 Å². The Bertz CT molecular complexity index is 1360. The minimum Gasteiger partial charge on any atom is -0.491 e. The number of amides is 2. The average molecular weight is 626 g/mol. The fourth-order valence-corrected chi connectivity index (χ4v) is 6.08. The SMILES string of the molecule is CC(C)(C)OC(=O)N1CCCC[C@@H]1COc1ccc(C(F)(F)F)cc1C(=O)N=c1sc(C(C)(C)C)cn1C[C@H]1CCCO1. The molecule has 0 bridgehead atoms. The van der Waals surface area contributed by atoms with Crippen molar-refractivity contribution in [2.75, 3.05) is 19.8 Å². The number of hydrogen-bond acceptors (Lipinski definition) is 6. The Labute approximate surface area is 254 Å². The van der Waals surface area contributed by atoms with E-state index in [9.17, 15) is 22.8 Å². The van der Waals surface area contributed by atoms with Crippen molar-refractivity contribution >= 4 is 23.3 Å². The van der Waals surface area contributed by atoms with Gasteiger partial charge in [0.1, 0.15) is 18.0 Å². The van der Waals surface area contributed by atoms with Crippen molar-refractivity contribution in [3.63, 3.8) is 0 Å². The molecular weight excluding hydrogens is 583 g/mol. The second-order valence-corrected chi connectivity index (χ2v) is 14.2. The molecule has 2 fully saturated rings. The summed E-state index contributed by atoms with van der Waals surface area (Å²) in [5.41, 5.74) is -2.15. The van der Waals surface area contributed by atoms with Crippen LogP contribution in [0.5, 0.6) is 5.75 Å². The summed E-state index contributed by atoms with van der Waals surface area (Å²) in [6, 6.07) is 2.47. The summed E-state index contributed by atoms with van der Waals surface area (Å²) in [4.78, 5) is 33.7. The third-order valence-corrected chi connectivity index (χ3v) is 8.75. The quantitative estimate of drug-likeness (QED) is 0.347. The summed E-state index contributed by atoms with van der Waals surface area (Å²) in [7, 11) is 0. The van der Waals surface area contributed by atoms with Crippen molar-refractivity contribution in [3.05, 3.63) is 45.2 Å². The van der Waals surface area contributed by atoms with Crippen molar-refractivity contribution in [2.24, 2.45) is 4.99 Å². The third-order valence-electron chi connectivity index (χ3n) is 7.30. The zero-order valence-electron chi connectivity index (χ0n) is 25.8. The van der Waals surface area contributed by atoms with Gasteiger partial charge in [0.2, 0.25) is 0 Å². The maximum atomic E-state index is 13.7. The molecule has 4 rings (SSSR count). The van der Waals surface area contributed by atoms with Crippen LogP contribution in [0.3, 0.4) is 0 Å². The van der Waals surface area contributed by atoms with Gasteiger partial charge in [-0.3, -0.25) is 4.79 Å². The molecule has 0 saturated carbocycles. The Morgan fingerprint density at radius 3 is 2.44 bits per heavy atom. The summed E-state index contributed by atoms with van der Waals surface area (Å²) in [5, 5.41) is 0. The van der Waals surface area contributed by atoms with Crippen LogP contribution in [0.4, 0.5) is 18.0 Å². The molecular formula is C31H42F3N3O5S. The predicted octanol–water partition coefficient (Wildman–Crippen LogP) is 6.95. The van der Waals surface area contributed by atoms with Gasteiger partial charge in [-0.25, -0.2) is 4.79 Å². The van der Waals surface area contributed by atoms with Crippen LogP contribution in [0.1, 0.15) is 94.4 Å². The van der Waals surface area contributed by atoms with Gasteiger partial charge in [-0.05, 0) is 76.5 Å². The van der Waals surface area contributed by atoms with Gasteiger partial charge in [-0.15, -0.1) is 11.3 Å². The summed E-state index contributed by atoms with van der Waals surface area (Å²) in [5.74, 6) is -0.855. The van der Waals surface area contributed by atoms with Gasteiger partial charge in [0, 0.05) is 24.2 Å². The highest BCUT2D eigenvalue weighted by molar-refractivity contribution is 7.09. The Balaban J connectivity index is 1.65. The smallest absolute Gasteiger partial charge is 0.416 e. The van der Waals surface area contributed by atoms with E-state index in [-0.39, 0.29) is 35.5 Å². The van der Waals surface area contributed by atoms with Gasteiger partial charge in [0.05, 0.1) is 29.8 Å². The molecule has 238 valence electrons. The molecule has 0 N–H and O–H groups in total. The van der Waals surface area contributed by atoms with Crippen LogP contribution in [-0.2, 0) is 27.6 Å². The van der Waals surface area contributed by atoms with E-state index >= 15 is 0 Å². The number of hydrogen-bond donors (Lipinski definition) is 0. The molecule has 2 amide bonds. The van der Waals surface area contributed by atoms with E-state index < -0.39 is 29.3 Å². The van der Waals surface area contributed by atoms with E-state index in [4.69, 9.17) is 14.2 Å². The zero-order valence-corrected chi connectivity index (χ0v) is 26.6. The molecule has 2 saturated heterocycles. The monoisotopic (exact) mass is 625 g/mol. The van der Waals surface area contributed by atoms with Gasteiger partial charge < -0.3 is 23.7 Å². The Morgan fingerprint density at radius 2 is 1.81 bits per heavy atom. The highest BCUT2D eigenvalue weighted by atomic mass is 32.1. The Morgan fingerprint density at radius 1 is 1.07 bits per heavy atom. The largest absolute Gasteiger partial charge is 0.491 e. The molecule has 12 heteroatoms. The molecule has 2 aliphatic heterocycles. The summed E-state index contributed by atoms with van der Waals surface area (Å²) in [6.45, 7) is 13.1. The summed E-state index contributed by atoms with van der Waals surface area (Å²) >= 11 is 1.33. The fourth-order valence-electron chi connectivity index (χ4n) is 5.02. The predicted molar refractivity (Wildman–Crippen MR) is 157 cm³/mol. The van der Waals surface area contributed by atoms with E-state index in [0.29, 0.717) is 30.9 Å². The van der Waals surface area contributed by atoms with Crippen molar-refractivity contribution < 1.29 is 37.0 Å². The number of aromatic nitrogens is 1. The minimum absolute atomic E-state index is 0.00290. The first-order chi connectivity index (χ1) is 20.0. The topological polar surface area (TPSA) is 82.4 Å². The van der Waals surface area contributed by atoms with Crippen molar-refractivity contribution in [1.29, 1.82) is 0 Å². The number of rotatable bonds is 6. The number of likely N-dealkylation sites (tertiary alicyclic amines) is 1. The second kappa shape index (κ2) is 13.0. The lowest BCUT2D eigenvalue weighted by Gasteiger charge is -2.36. The van der Waals surface area contributed by atoms with Crippen LogP contribution in [-0.4, -0.2) is 59.0 Å². The van der Waals surface area contributed by atoms with Crippen LogP contribution in [0.25, 0.3) is 0 Å². The van der Waals surface area contributed by atoms with E-state index in [2.05, 4.69) is 4.99 Å². The number of ether oxygens (including phenoxy) is 3. The third kappa shape index (κ3) is 8.84. The van der Waals surface area contributed by atoms with E-state index in [1.807, 2.05) is 31.5 Å². The number of piperidine rings is 1. The lowest BCUT2D eigenvalue weighted by atomic mass is 9.95. The molecule has 0 aliphatic carbocycles. The maximum Gasteiger partial charge on any atom is 0.416 e. The molecule has 1 aromatic carbocycles. The molecule has 0 unspecified atom stereocenters. The first-order valence-corrected chi connectivity index (χ1v) is 15.6. The lowest BCUT2D eigenvalue weighted by Crippen LogP contribution is -2.48. The van der Waals surface area contributed by atoms with Crippen LogP contribution in [0, 0.1) is 0 Å². The van der Waals surface area contributed by atoms with Gasteiger partial charge in [0.15, 0.2) is 4.80 Å². The number of benzene rings is 1. The van der Waals surface area contributed by atoms with Crippen molar-refractivity contribution in [1.82, 2.24) is 9.47 Å². The molecule has 0 radical (unpaired) electrons. The van der Waals surface area contributed by atoms with Crippen molar-refractivity contribution in [2.45, 2.75) is 110 Å². The van der Waals surface area contributed by atoms with Crippen LogP contribution in [0.2, 0.25) is 0 Å². The molecule has 2 aliphatic rings.